The zero-order chi connectivity index (χ0) is 11.2. The van der Waals surface area contributed by atoms with Crippen molar-refractivity contribution in [3.8, 4) is 0 Å². The second-order valence-corrected chi connectivity index (χ2v) is 5.04. The number of rotatable bonds is 6. The van der Waals surface area contributed by atoms with E-state index in [9.17, 15) is 0 Å². The summed E-state index contributed by atoms with van der Waals surface area (Å²) in [6.45, 7) is 16.0. The molecular formula is C12H25NO. The van der Waals surface area contributed by atoms with Gasteiger partial charge in [0.15, 0.2) is 0 Å². The van der Waals surface area contributed by atoms with Crippen molar-refractivity contribution in [2.75, 3.05) is 13.2 Å². The van der Waals surface area contributed by atoms with Gasteiger partial charge in [0.25, 0.3) is 0 Å². The molecule has 84 valence electrons. The first-order valence-electron chi connectivity index (χ1n) is 5.34. The van der Waals surface area contributed by atoms with Crippen LogP contribution in [0.3, 0.4) is 0 Å². The van der Waals surface area contributed by atoms with Crippen LogP contribution in [0.5, 0.6) is 0 Å². The first kappa shape index (κ1) is 13.7. The Kier molecular flexibility index (Phi) is 6.05. The highest BCUT2D eigenvalue weighted by molar-refractivity contribution is 4.76. The predicted octanol–water partition coefficient (Wildman–Crippen LogP) is 2.60. The summed E-state index contributed by atoms with van der Waals surface area (Å²) in [4.78, 5) is 0. The molecule has 0 radical (unpaired) electrons. The van der Waals surface area contributed by atoms with Crippen LogP contribution >= 0.6 is 0 Å². The van der Waals surface area contributed by atoms with Crippen molar-refractivity contribution in [1.82, 2.24) is 5.32 Å². The summed E-state index contributed by atoms with van der Waals surface area (Å²) >= 11 is 0. The van der Waals surface area contributed by atoms with E-state index in [1.165, 1.54) is 0 Å². The Morgan fingerprint density at radius 3 is 2.29 bits per heavy atom. The van der Waals surface area contributed by atoms with E-state index < -0.39 is 0 Å². The average molecular weight is 199 g/mol. The molecule has 0 aromatic rings. The lowest BCUT2D eigenvalue weighted by molar-refractivity contribution is 0.0365. The number of hydrogen-bond donors (Lipinski definition) is 1. The van der Waals surface area contributed by atoms with Crippen LogP contribution in [0.15, 0.2) is 12.7 Å². The topological polar surface area (TPSA) is 21.3 Å². The summed E-state index contributed by atoms with van der Waals surface area (Å²) in [5.74, 6) is 0.532. The normalized spacial score (nSPS) is 14.4. The van der Waals surface area contributed by atoms with Crippen LogP contribution in [-0.2, 0) is 4.74 Å². The van der Waals surface area contributed by atoms with Crippen molar-refractivity contribution in [3.05, 3.63) is 12.7 Å². The summed E-state index contributed by atoms with van der Waals surface area (Å²) in [7, 11) is 0. The fraction of sp³-hybridized carbons (Fsp3) is 0.833. The highest BCUT2D eigenvalue weighted by Crippen LogP contribution is 2.08. The Balaban J connectivity index is 3.91. The lowest BCUT2D eigenvalue weighted by atomic mass is 10.0. The Bertz CT molecular complexity index is 158. The van der Waals surface area contributed by atoms with Crippen molar-refractivity contribution in [1.29, 1.82) is 0 Å². The quantitative estimate of drug-likeness (QED) is 0.664. The van der Waals surface area contributed by atoms with Crippen molar-refractivity contribution in [3.63, 3.8) is 0 Å². The molecule has 0 aliphatic carbocycles. The van der Waals surface area contributed by atoms with E-state index >= 15 is 0 Å². The number of nitrogens with one attached hydrogen (secondary N) is 1. The van der Waals surface area contributed by atoms with Gasteiger partial charge in [-0.05, 0) is 26.7 Å². The molecule has 2 nitrogen and oxygen atoms in total. The van der Waals surface area contributed by atoms with Gasteiger partial charge in [0.1, 0.15) is 0 Å². The van der Waals surface area contributed by atoms with Crippen molar-refractivity contribution in [2.45, 2.75) is 46.3 Å². The van der Waals surface area contributed by atoms with Crippen LogP contribution in [0.1, 0.15) is 34.6 Å². The fourth-order valence-corrected chi connectivity index (χ4v) is 1.09. The molecule has 0 aliphatic heterocycles. The zero-order valence-electron chi connectivity index (χ0n) is 10.3. The van der Waals surface area contributed by atoms with Gasteiger partial charge >= 0.3 is 0 Å². The molecule has 0 rings (SSSR count). The number of ether oxygens (including phenoxy) is 1. The van der Waals surface area contributed by atoms with Crippen LogP contribution in [-0.4, -0.2) is 24.8 Å². The van der Waals surface area contributed by atoms with Gasteiger partial charge in [0.2, 0.25) is 0 Å². The van der Waals surface area contributed by atoms with E-state index in [1.807, 2.05) is 0 Å². The molecule has 0 saturated heterocycles. The molecule has 0 aliphatic rings. The minimum atomic E-state index is 0.157. The molecule has 1 atom stereocenters. The zero-order valence-corrected chi connectivity index (χ0v) is 10.3. The van der Waals surface area contributed by atoms with Gasteiger partial charge in [-0.15, -0.1) is 6.58 Å². The molecule has 1 unspecified atom stereocenters. The second-order valence-electron chi connectivity index (χ2n) is 5.04. The van der Waals surface area contributed by atoms with E-state index in [-0.39, 0.29) is 11.6 Å². The first-order valence-corrected chi connectivity index (χ1v) is 5.34. The largest absolute Gasteiger partial charge is 0.373 e. The van der Waals surface area contributed by atoms with Crippen molar-refractivity contribution >= 4 is 0 Å². The van der Waals surface area contributed by atoms with Crippen LogP contribution < -0.4 is 5.32 Å². The molecule has 14 heavy (non-hydrogen) atoms. The molecule has 2 heteroatoms. The maximum Gasteiger partial charge on any atom is 0.0726 e. The van der Waals surface area contributed by atoms with Crippen LogP contribution in [0.25, 0.3) is 0 Å². The fourth-order valence-electron chi connectivity index (χ4n) is 1.09. The van der Waals surface area contributed by atoms with E-state index in [0.29, 0.717) is 12.5 Å². The Morgan fingerprint density at radius 2 is 1.93 bits per heavy atom. The minimum absolute atomic E-state index is 0.157. The van der Waals surface area contributed by atoms with Crippen molar-refractivity contribution in [2.24, 2.45) is 5.92 Å². The van der Waals surface area contributed by atoms with Crippen LogP contribution in [0.2, 0.25) is 0 Å². The summed E-state index contributed by atoms with van der Waals surface area (Å²) in [6.07, 6.45) is 2.07. The molecule has 0 saturated carbocycles. The van der Waals surface area contributed by atoms with Crippen LogP contribution in [0.4, 0.5) is 0 Å². The van der Waals surface area contributed by atoms with E-state index in [0.717, 1.165) is 6.54 Å². The van der Waals surface area contributed by atoms with Gasteiger partial charge in [-0.25, -0.2) is 0 Å². The highest BCUT2D eigenvalue weighted by Gasteiger charge is 2.16. The van der Waals surface area contributed by atoms with Crippen LogP contribution in [0, 0.1) is 5.92 Å². The predicted molar refractivity (Wildman–Crippen MR) is 62.5 cm³/mol. The molecule has 1 N–H and O–H groups in total. The average Bonchev–Trinajstić information content (AvgIpc) is 2.01. The molecule has 0 amide bonds. The van der Waals surface area contributed by atoms with E-state index in [4.69, 9.17) is 4.74 Å². The summed E-state index contributed by atoms with van der Waals surface area (Å²) in [5, 5.41) is 3.45. The highest BCUT2D eigenvalue weighted by atomic mass is 16.5. The van der Waals surface area contributed by atoms with Gasteiger partial charge in [-0.2, -0.15) is 0 Å². The van der Waals surface area contributed by atoms with Gasteiger partial charge in [0, 0.05) is 12.1 Å². The van der Waals surface area contributed by atoms with Crippen molar-refractivity contribution < 1.29 is 4.74 Å². The molecule has 0 heterocycles. The lowest BCUT2D eigenvalue weighted by Crippen LogP contribution is -2.43. The van der Waals surface area contributed by atoms with Gasteiger partial charge < -0.3 is 10.1 Å². The molecule has 0 aromatic carbocycles. The molecule has 0 spiro atoms. The Morgan fingerprint density at radius 1 is 1.36 bits per heavy atom. The summed E-state index contributed by atoms with van der Waals surface area (Å²) in [5.41, 5.74) is 0.157. The first-order chi connectivity index (χ1) is 6.37. The molecule has 0 aromatic heterocycles. The third-order valence-electron chi connectivity index (χ3n) is 2.01. The maximum atomic E-state index is 5.67. The molecular weight excluding hydrogens is 174 g/mol. The van der Waals surface area contributed by atoms with Gasteiger partial charge in [0.05, 0.1) is 12.7 Å². The Hall–Kier alpha value is -0.340. The smallest absolute Gasteiger partial charge is 0.0726 e. The minimum Gasteiger partial charge on any atom is -0.373 e. The summed E-state index contributed by atoms with van der Waals surface area (Å²) < 4.78 is 5.67. The second kappa shape index (κ2) is 6.20. The monoisotopic (exact) mass is 199 g/mol. The standard InChI is InChI=1S/C12H25NO/c1-7-8-14-11(10(2)3)9-13-12(4,5)6/h7,10-11,13H,1,8-9H2,2-6H3. The number of hydrogen-bond acceptors (Lipinski definition) is 2. The van der Waals surface area contributed by atoms with E-state index in [2.05, 4.69) is 46.5 Å². The molecule has 0 fully saturated rings. The van der Waals surface area contributed by atoms with E-state index in [1.54, 1.807) is 6.08 Å². The van der Waals surface area contributed by atoms with Gasteiger partial charge in [-0.3, -0.25) is 0 Å². The van der Waals surface area contributed by atoms with Gasteiger partial charge in [-0.1, -0.05) is 19.9 Å². The third-order valence-corrected chi connectivity index (χ3v) is 2.01. The summed E-state index contributed by atoms with van der Waals surface area (Å²) in [6, 6.07) is 0. The maximum absolute atomic E-state index is 5.67. The Labute approximate surface area is 88.7 Å². The molecule has 0 bridgehead atoms. The third kappa shape index (κ3) is 7.10. The SMILES string of the molecule is C=CCOC(CNC(C)(C)C)C(C)C. The lowest BCUT2D eigenvalue weighted by Gasteiger charge is -2.27.